The maximum atomic E-state index is 12.2. The van der Waals surface area contributed by atoms with E-state index in [1.54, 1.807) is 17.0 Å². The third kappa shape index (κ3) is 4.63. The van der Waals surface area contributed by atoms with Crippen molar-refractivity contribution in [1.29, 1.82) is 0 Å². The smallest absolute Gasteiger partial charge is 0.289 e. The first-order valence-electron chi connectivity index (χ1n) is 8.23. The molecule has 1 aromatic heterocycles. The van der Waals surface area contributed by atoms with Gasteiger partial charge in [-0.2, -0.15) is 0 Å². The molecule has 0 aliphatic carbocycles. The van der Waals surface area contributed by atoms with Gasteiger partial charge >= 0.3 is 0 Å². The maximum absolute atomic E-state index is 12.2. The first kappa shape index (κ1) is 18.9. The van der Waals surface area contributed by atoms with Gasteiger partial charge in [0.25, 0.3) is 11.6 Å². The number of piperazine rings is 1. The van der Waals surface area contributed by atoms with Crippen LogP contribution in [-0.2, 0) is 4.79 Å². The fourth-order valence-corrected chi connectivity index (χ4v) is 2.95. The van der Waals surface area contributed by atoms with Crippen LogP contribution in [0.4, 0.5) is 11.4 Å². The summed E-state index contributed by atoms with van der Waals surface area (Å²) in [6, 6.07) is 7.14. The van der Waals surface area contributed by atoms with Crippen molar-refractivity contribution in [2.45, 2.75) is 0 Å². The van der Waals surface area contributed by atoms with Crippen molar-refractivity contribution < 1.29 is 18.9 Å². The molecular formula is C17H17ClN4O5. The highest BCUT2D eigenvalue weighted by atomic mass is 35.5. The number of rotatable bonds is 5. The number of hydrogen-bond donors (Lipinski definition) is 1. The van der Waals surface area contributed by atoms with Crippen LogP contribution >= 0.6 is 11.6 Å². The van der Waals surface area contributed by atoms with Gasteiger partial charge in [-0.1, -0.05) is 11.6 Å². The molecule has 0 spiro atoms. The number of nitrogens with zero attached hydrogens (tertiary/aromatic N) is 3. The molecule has 2 aromatic rings. The van der Waals surface area contributed by atoms with E-state index in [1.165, 1.54) is 24.5 Å². The van der Waals surface area contributed by atoms with E-state index >= 15 is 0 Å². The average molecular weight is 393 g/mol. The first-order chi connectivity index (χ1) is 12.9. The number of amides is 2. The Morgan fingerprint density at radius 3 is 2.59 bits per heavy atom. The average Bonchev–Trinajstić information content (AvgIpc) is 3.18. The zero-order chi connectivity index (χ0) is 19.4. The fraction of sp³-hybridized carbons (Fsp3) is 0.294. The molecule has 1 aliphatic rings. The summed E-state index contributed by atoms with van der Waals surface area (Å²) in [6.45, 7) is 2.11. The number of hydrogen-bond acceptors (Lipinski definition) is 6. The number of furan rings is 1. The van der Waals surface area contributed by atoms with Gasteiger partial charge in [-0.15, -0.1) is 0 Å². The molecule has 0 atom stereocenters. The van der Waals surface area contributed by atoms with Crippen molar-refractivity contribution in [3.05, 3.63) is 57.5 Å². The van der Waals surface area contributed by atoms with Crippen LogP contribution in [0, 0.1) is 10.1 Å². The van der Waals surface area contributed by atoms with Crippen LogP contribution in [0.1, 0.15) is 10.6 Å². The topological polar surface area (TPSA) is 109 Å². The number of nitrogens with one attached hydrogen (secondary N) is 1. The first-order valence-corrected chi connectivity index (χ1v) is 8.61. The van der Waals surface area contributed by atoms with E-state index in [0.29, 0.717) is 31.9 Å². The molecule has 3 rings (SSSR count). The van der Waals surface area contributed by atoms with E-state index < -0.39 is 4.92 Å². The van der Waals surface area contributed by atoms with Crippen LogP contribution in [0.5, 0.6) is 0 Å². The van der Waals surface area contributed by atoms with Crippen LogP contribution in [0.3, 0.4) is 0 Å². The van der Waals surface area contributed by atoms with Crippen LogP contribution in [0.25, 0.3) is 0 Å². The second kappa shape index (κ2) is 8.19. The Kier molecular flexibility index (Phi) is 5.72. The monoisotopic (exact) mass is 392 g/mol. The van der Waals surface area contributed by atoms with E-state index in [1.807, 2.05) is 4.90 Å². The highest BCUT2D eigenvalue weighted by Gasteiger charge is 2.24. The van der Waals surface area contributed by atoms with Gasteiger partial charge in [0.2, 0.25) is 5.91 Å². The van der Waals surface area contributed by atoms with E-state index in [2.05, 4.69) is 5.32 Å². The third-order valence-corrected chi connectivity index (χ3v) is 4.52. The van der Waals surface area contributed by atoms with Gasteiger partial charge < -0.3 is 14.6 Å². The molecule has 1 N–H and O–H groups in total. The Morgan fingerprint density at radius 2 is 1.96 bits per heavy atom. The maximum Gasteiger partial charge on any atom is 0.289 e. The molecule has 10 heteroatoms. The Morgan fingerprint density at radius 1 is 1.22 bits per heavy atom. The summed E-state index contributed by atoms with van der Waals surface area (Å²) in [5, 5.41) is 13.7. The van der Waals surface area contributed by atoms with Gasteiger partial charge in [0.15, 0.2) is 5.76 Å². The Bertz CT molecular complexity index is 847. The van der Waals surface area contributed by atoms with Gasteiger partial charge in [0.1, 0.15) is 0 Å². The molecule has 1 fully saturated rings. The van der Waals surface area contributed by atoms with Gasteiger partial charge in [-0.05, 0) is 18.2 Å². The molecule has 1 saturated heterocycles. The van der Waals surface area contributed by atoms with Crippen molar-refractivity contribution in [3.8, 4) is 0 Å². The lowest BCUT2D eigenvalue weighted by Gasteiger charge is -2.33. The molecule has 1 aliphatic heterocycles. The molecule has 0 bridgehead atoms. The molecule has 0 unspecified atom stereocenters. The summed E-state index contributed by atoms with van der Waals surface area (Å²) in [7, 11) is 0. The summed E-state index contributed by atoms with van der Waals surface area (Å²) < 4.78 is 5.11. The Balaban J connectivity index is 1.52. The molecule has 0 radical (unpaired) electrons. The zero-order valence-corrected chi connectivity index (χ0v) is 15.0. The minimum atomic E-state index is -0.554. The van der Waals surface area contributed by atoms with Crippen LogP contribution in [0.2, 0.25) is 5.02 Å². The van der Waals surface area contributed by atoms with Crippen molar-refractivity contribution in [1.82, 2.24) is 9.80 Å². The number of carbonyl (C=O) groups excluding carboxylic acids is 2. The lowest BCUT2D eigenvalue weighted by Crippen LogP contribution is -2.50. The van der Waals surface area contributed by atoms with Crippen molar-refractivity contribution in [2.75, 3.05) is 38.0 Å². The van der Waals surface area contributed by atoms with Gasteiger partial charge in [0, 0.05) is 38.3 Å². The second-order valence-electron chi connectivity index (χ2n) is 6.02. The third-order valence-electron chi connectivity index (χ3n) is 4.19. The Labute approximate surface area is 159 Å². The predicted molar refractivity (Wildman–Crippen MR) is 97.8 cm³/mol. The van der Waals surface area contributed by atoms with Crippen LogP contribution in [-0.4, -0.2) is 59.3 Å². The van der Waals surface area contributed by atoms with Crippen LogP contribution in [0.15, 0.2) is 41.0 Å². The van der Waals surface area contributed by atoms with Gasteiger partial charge in [-0.3, -0.25) is 24.6 Å². The number of nitro groups is 1. The number of nitro benzene ring substituents is 1. The summed E-state index contributed by atoms with van der Waals surface area (Å²) in [5.41, 5.74) is 0.0438. The fourth-order valence-electron chi connectivity index (χ4n) is 2.78. The minimum absolute atomic E-state index is 0.0990. The SMILES string of the molecule is O=C(CN1CCN(C(=O)c2ccco2)CC1)Nc1cc([N+](=O)[O-])ccc1Cl. The number of halogens is 1. The van der Waals surface area contributed by atoms with E-state index in [4.69, 9.17) is 16.0 Å². The van der Waals surface area contributed by atoms with Crippen LogP contribution < -0.4 is 5.32 Å². The summed E-state index contributed by atoms with van der Waals surface area (Å²) in [5.74, 6) is -0.211. The quantitative estimate of drug-likeness (QED) is 0.617. The van der Waals surface area contributed by atoms with E-state index in [-0.39, 0.29) is 34.8 Å². The van der Waals surface area contributed by atoms with E-state index in [0.717, 1.165) is 0 Å². The number of non-ortho nitro benzene ring substituents is 1. The van der Waals surface area contributed by atoms with Crippen molar-refractivity contribution in [3.63, 3.8) is 0 Å². The molecule has 142 valence electrons. The van der Waals surface area contributed by atoms with Gasteiger partial charge in [-0.25, -0.2) is 0 Å². The zero-order valence-electron chi connectivity index (χ0n) is 14.3. The molecule has 27 heavy (non-hydrogen) atoms. The normalized spacial score (nSPS) is 14.8. The molecular weight excluding hydrogens is 376 g/mol. The number of carbonyl (C=O) groups is 2. The predicted octanol–water partition coefficient (Wildman–Crippen LogP) is 2.24. The molecule has 2 amide bonds. The van der Waals surface area contributed by atoms with Crippen molar-refractivity contribution >= 4 is 34.8 Å². The standard InChI is InChI=1S/C17H17ClN4O5/c18-13-4-3-12(22(25)26)10-14(13)19-16(23)11-20-5-7-21(8-6-20)17(24)15-2-1-9-27-15/h1-4,9-10H,5-8,11H2,(H,19,23). The van der Waals surface area contributed by atoms with Crippen molar-refractivity contribution in [2.24, 2.45) is 0 Å². The number of anilines is 1. The lowest BCUT2D eigenvalue weighted by molar-refractivity contribution is -0.384. The highest BCUT2D eigenvalue weighted by Crippen LogP contribution is 2.26. The number of benzene rings is 1. The Hall–Kier alpha value is -2.91. The summed E-state index contributed by atoms with van der Waals surface area (Å²) >= 11 is 5.99. The van der Waals surface area contributed by atoms with Gasteiger partial charge in [0.05, 0.1) is 28.4 Å². The minimum Gasteiger partial charge on any atom is -0.459 e. The molecule has 2 heterocycles. The lowest BCUT2D eigenvalue weighted by atomic mass is 10.2. The highest BCUT2D eigenvalue weighted by molar-refractivity contribution is 6.33. The molecule has 1 aromatic carbocycles. The second-order valence-corrected chi connectivity index (χ2v) is 6.42. The summed E-state index contributed by atoms with van der Waals surface area (Å²) in [6.07, 6.45) is 1.45. The molecule has 9 nitrogen and oxygen atoms in total. The largest absolute Gasteiger partial charge is 0.459 e. The van der Waals surface area contributed by atoms with E-state index in [9.17, 15) is 19.7 Å². The summed E-state index contributed by atoms with van der Waals surface area (Å²) in [4.78, 5) is 38.3. The molecule has 0 saturated carbocycles.